The molecule has 0 aliphatic carbocycles. The van der Waals surface area contributed by atoms with E-state index in [1.807, 2.05) is 23.1 Å². The van der Waals surface area contributed by atoms with Crippen LogP contribution < -0.4 is 0 Å². The molecule has 0 saturated carbocycles. The van der Waals surface area contributed by atoms with E-state index in [2.05, 4.69) is 72.3 Å². The smallest absolute Gasteiger partial charge is 0.223 e. The lowest BCUT2D eigenvalue weighted by atomic mass is 9.88. The number of para-hydroxylation sites is 1. The molecule has 1 fully saturated rings. The number of nitrogens with zero attached hydrogens (tertiary/aromatic N) is 2. The summed E-state index contributed by atoms with van der Waals surface area (Å²) >= 11 is 6.38. The second kappa shape index (κ2) is 9.44. The highest BCUT2D eigenvalue weighted by Crippen LogP contribution is 2.36. The predicted octanol–water partition coefficient (Wildman–Crippen LogP) is 6.80. The van der Waals surface area contributed by atoms with Gasteiger partial charge in [0.15, 0.2) is 0 Å². The Balaban J connectivity index is 1.57. The van der Waals surface area contributed by atoms with Gasteiger partial charge in [0.2, 0.25) is 5.91 Å². The third-order valence-electron chi connectivity index (χ3n) is 6.76. The van der Waals surface area contributed by atoms with Gasteiger partial charge >= 0.3 is 0 Å². The van der Waals surface area contributed by atoms with E-state index in [0.29, 0.717) is 11.4 Å². The molecule has 0 N–H and O–H groups in total. The Bertz CT molecular complexity index is 1270. The molecule has 168 valence electrons. The van der Waals surface area contributed by atoms with Crippen LogP contribution in [0.1, 0.15) is 47.4 Å². The first kappa shape index (κ1) is 21.8. The average Bonchev–Trinajstić information content (AvgIpc) is 3.48. The van der Waals surface area contributed by atoms with Crippen molar-refractivity contribution in [2.45, 2.75) is 38.6 Å². The van der Waals surface area contributed by atoms with E-state index in [9.17, 15) is 4.79 Å². The number of aromatic nitrogens is 1. The SMILES string of the molecule is Cc1ccc(Cn2cc([C@H](CC(=O)N3CCCC3)c3cccc(Cl)c3)c3ccccc32)cc1. The van der Waals surface area contributed by atoms with Crippen molar-refractivity contribution in [3.63, 3.8) is 0 Å². The number of benzene rings is 3. The third-order valence-corrected chi connectivity index (χ3v) is 6.99. The second-order valence-corrected chi connectivity index (χ2v) is 9.55. The first-order valence-electron chi connectivity index (χ1n) is 11.7. The van der Waals surface area contributed by atoms with Crippen LogP contribution in [-0.4, -0.2) is 28.5 Å². The van der Waals surface area contributed by atoms with E-state index in [-0.39, 0.29) is 11.8 Å². The molecule has 0 bridgehead atoms. The molecule has 0 unspecified atom stereocenters. The van der Waals surface area contributed by atoms with Crippen LogP contribution in [0, 0.1) is 6.92 Å². The molecule has 1 aliphatic heterocycles. The minimum absolute atomic E-state index is 0.0408. The number of hydrogen-bond acceptors (Lipinski definition) is 1. The van der Waals surface area contributed by atoms with Gasteiger partial charge in [0.25, 0.3) is 0 Å². The molecule has 1 aliphatic rings. The predicted molar refractivity (Wildman–Crippen MR) is 136 cm³/mol. The zero-order chi connectivity index (χ0) is 22.8. The van der Waals surface area contributed by atoms with Crippen LogP contribution in [0.5, 0.6) is 0 Å². The van der Waals surface area contributed by atoms with Gasteiger partial charge in [-0.1, -0.05) is 71.8 Å². The highest BCUT2D eigenvalue weighted by Gasteiger charge is 2.26. The Morgan fingerprint density at radius 2 is 1.73 bits per heavy atom. The summed E-state index contributed by atoms with van der Waals surface area (Å²) in [6, 6.07) is 25.2. The van der Waals surface area contributed by atoms with Gasteiger partial charge in [-0.05, 0) is 54.7 Å². The second-order valence-electron chi connectivity index (χ2n) is 9.11. The summed E-state index contributed by atoms with van der Waals surface area (Å²) in [5, 5.41) is 1.90. The number of aryl methyl sites for hydroxylation is 1. The lowest BCUT2D eigenvalue weighted by Gasteiger charge is -2.21. The molecule has 3 nitrogen and oxygen atoms in total. The van der Waals surface area contributed by atoms with Gasteiger partial charge < -0.3 is 9.47 Å². The largest absolute Gasteiger partial charge is 0.343 e. The lowest BCUT2D eigenvalue weighted by Crippen LogP contribution is -2.29. The maximum absolute atomic E-state index is 13.2. The summed E-state index contributed by atoms with van der Waals surface area (Å²) in [7, 11) is 0. The fourth-order valence-electron chi connectivity index (χ4n) is 4.97. The Morgan fingerprint density at radius 1 is 0.970 bits per heavy atom. The minimum atomic E-state index is -0.0408. The molecule has 1 amide bonds. The average molecular weight is 457 g/mol. The Hall–Kier alpha value is -3.04. The van der Waals surface area contributed by atoms with Crippen molar-refractivity contribution in [1.82, 2.24) is 9.47 Å². The van der Waals surface area contributed by atoms with Gasteiger partial charge in [0.05, 0.1) is 0 Å². The summed E-state index contributed by atoms with van der Waals surface area (Å²) in [5.41, 5.74) is 5.99. The molecule has 0 spiro atoms. The summed E-state index contributed by atoms with van der Waals surface area (Å²) in [6.07, 6.45) is 4.90. The first-order valence-corrected chi connectivity index (χ1v) is 12.1. The molecule has 2 heterocycles. The summed E-state index contributed by atoms with van der Waals surface area (Å²) in [6.45, 7) is 4.65. The molecule has 1 saturated heterocycles. The minimum Gasteiger partial charge on any atom is -0.343 e. The van der Waals surface area contributed by atoms with E-state index in [4.69, 9.17) is 11.6 Å². The molecule has 4 aromatic rings. The van der Waals surface area contributed by atoms with Crippen molar-refractivity contribution in [3.05, 3.63) is 106 Å². The summed E-state index contributed by atoms with van der Waals surface area (Å²) < 4.78 is 2.31. The number of carbonyl (C=O) groups is 1. The van der Waals surface area contributed by atoms with Gasteiger partial charge in [0.1, 0.15) is 0 Å². The number of carbonyl (C=O) groups excluding carboxylic acids is 1. The zero-order valence-corrected chi connectivity index (χ0v) is 19.8. The lowest BCUT2D eigenvalue weighted by molar-refractivity contribution is -0.130. The number of likely N-dealkylation sites (tertiary alicyclic amines) is 1. The number of hydrogen-bond donors (Lipinski definition) is 0. The Kier molecular flexibility index (Phi) is 6.24. The number of rotatable bonds is 6. The summed E-state index contributed by atoms with van der Waals surface area (Å²) in [4.78, 5) is 15.3. The topological polar surface area (TPSA) is 25.2 Å². The van der Waals surface area contributed by atoms with Crippen molar-refractivity contribution in [2.24, 2.45) is 0 Å². The normalized spacial score (nSPS) is 14.7. The summed E-state index contributed by atoms with van der Waals surface area (Å²) in [5.74, 6) is 0.189. The number of amides is 1. The van der Waals surface area contributed by atoms with E-state index < -0.39 is 0 Å². The molecule has 1 aromatic heterocycles. The Morgan fingerprint density at radius 3 is 2.48 bits per heavy atom. The molecule has 5 rings (SSSR count). The van der Waals surface area contributed by atoms with Crippen molar-refractivity contribution in [1.29, 1.82) is 0 Å². The first-order chi connectivity index (χ1) is 16.1. The van der Waals surface area contributed by atoms with E-state index in [1.165, 1.54) is 27.6 Å². The molecule has 33 heavy (non-hydrogen) atoms. The van der Waals surface area contributed by atoms with Crippen LogP contribution in [0.2, 0.25) is 5.02 Å². The van der Waals surface area contributed by atoms with Crippen LogP contribution in [-0.2, 0) is 11.3 Å². The highest BCUT2D eigenvalue weighted by molar-refractivity contribution is 6.30. The van der Waals surface area contributed by atoms with Crippen LogP contribution in [0.4, 0.5) is 0 Å². The van der Waals surface area contributed by atoms with E-state index >= 15 is 0 Å². The number of fused-ring (bicyclic) bond motifs is 1. The van der Waals surface area contributed by atoms with Gasteiger partial charge in [-0.25, -0.2) is 0 Å². The fraction of sp³-hybridized carbons (Fsp3) is 0.276. The maximum Gasteiger partial charge on any atom is 0.223 e. The third kappa shape index (κ3) is 4.69. The van der Waals surface area contributed by atoms with Gasteiger partial charge in [0, 0.05) is 54.1 Å². The maximum atomic E-state index is 13.2. The molecule has 4 heteroatoms. The van der Waals surface area contributed by atoms with Crippen molar-refractivity contribution < 1.29 is 4.79 Å². The fourth-order valence-corrected chi connectivity index (χ4v) is 5.17. The van der Waals surface area contributed by atoms with E-state index in [0.717, 1.165) is 38.0 Å². The monoisotopic (exact) mass is 456 g/mol. The van der Waals surface area contributed by atoms with E-state index in [1.54, 1.807) is 0 Å². The van der Waals surface area contributed by atoms with Crippen LogP contribution in [0.15, 0.2) is 79.0 Å². The molecule has 1 atom stereocenters. The highest BCUT2D eigenvalue weighted by atomic mass is 35.5. The standard InChI is InChI=1S/C29H29ClN2O/c1-21-11-13-22(14-12-21)19-32-20-27(25-9-2-3-10-28(25)32)26(23-7-6-8-24(30)17-23)18-29(33)31-15-4-5-16-31/h2-3,6-14,17,20,26H,4-5,15-16,18-19H2,1H3/t26-/m1/s1. The van der Waals surface area contributed by atoms with Gasteiger partial charge in [-0.2, -0.15) is 0 Å². The van der Waals surface area contributed by atoms with Crippen LogP contribution >= 0.6 is 11.6 Å². The van der Waals surface area contributed by atoms with Crippen molar-refractivity contribution >= 4 is 28.4 Å². The van der Waals surface area contributed by atoms with Crippen LogP contribution in [0.25, 0.3) is 10.9 Å². The van der Waals surface area contributed by atoms with Gasteiger partial charge in [-0.3, -0.25) is 4.79 Å². The molecular formula is C29H29ClN2O. The number of halogens is 1. The molecule has 3 aromatic carbocycles. The Labute approximate surface area is 200 Å². The zero-order valence-electron chi connectivity index (χ0n) is 19.0. The quantitative estimate of drug-likeness (QED) is 0.313. The van der Waals surface area contributed by atoms with Crippen LogP contribution in [0.3, 0.4) is 0 Å². The van der Waals surface area contributed by atoms with Crippen molar-refractivity contribution in [2.75, 3.05) is 13.1 Å². The molecule has 0 radical (unpaired) electrons. The van der Waals surface area contributed by atoms with Crippen molar-refractivity contribution in [3.8, 4) is 0 Å². The molecular weight excluding hydrogens is 428 g/mol. The van der Waals surface area contributed by atoms with Gasteiger partial charge in [-0.15, -0.1) is 0 Å².